The Kier molecular flexibility index (Phi) is 4.59. The molecule has 0 aromatic carbocycles. The van der Waals surface area contributed by atoms with Crippen LogP contribution in [0.3, 0.4) is 0 Å². The molecule has 0 aromatic rings. The lowest BCUT2D eigenvalue weighted by atomic mass is 9.91. The molecular weight excluding hydrogens is 230 g/mol. The van der Waals surface area contributed by atoms with E-state index in [-0.39, 0.29) is 23.7 Å². The summed E-state index contributed by atoms with van der Waals surface area (Å²) in [6.07, 6.45) is 3.10. The van der Waals surface area contributed by atoms with Crippen molar-refractivity contribution in [2.45, 2.75) is 53.0 Å². The van der Waals surface area contributed by atoms with Gasteiger partial charge in [0.1, 0.15) is 5.92 Å². The van der Waals surface area contributed by atoms with E-state index in [1.165, 1.54) is 0 Å². The van der Waals surface area contributed by atoms with Crippen molar-refractivity contribution in [2.24, 2.45) is 28.1 Å². The second kappa shape index (κ2) is 5.59. The van der Waals surface area contributed by atoms with Crippen LogP contribution in [0.25, 0.3) is 0 Å². The van der Waals surface area contributed by atoms with Crippen LogP contribution in [-0.2, 0) is 4.79 Å². The first-order valence-electron chi connectivity index (χ1n) is 6.54. The van der Waals surface area contributed by atoms with Crippen molar-refractivity contribution < 1.29 is 10.0 Å². The number of nitrogens with two attached hydrogens (primary N) is 1. The monoisotopic (exact) mass is 255 g/mol. The fraction of sp³-hybridized carbons (Fsp3) is 0.846. The summed E-state index contributed by atoms with van der Waals surface area (Å²) >= 11 is 0. The van der Waals surface area contributed by atoms with Gasteiger partial charge in [-0.25, -0.2) is 0 Å². The van der Waals surface area contributed by atoms with E-state index in [9.17, 15) is 4.79 Å². The van der Waals surface area contributed by atoms with Crippen molar-refractivity contribution in [1.29, 1.82) is 0 Å². The van der Waals surface area contributed by atoms with Gasteiger partial charge in [0.25, 0.3) is 0 Å². The highest BCUT2D eigenvalue weighted by molar-refractivity contribution is 6.02. The van der Waals surface area contributed by atoms with E-state index in [1.807, 2.05) is 13.8 Å². The molecule has 104 valence electrons. The summed E-state index contributed by atoms with van der Waals surface area (Å²) in [5.41, 5.74) is 5.88. The van der Waals surface area contributed by atoms with Crippen LogP contribution < -0.4 is 11.1 Å². The second-order valence-corrected chi connectivity index (χ2v) is 6.36. The van der Waals surface area contributed by atoms with Gasteiger partial charge in [0.15, 0.2) is 5.84 Å². The summed E-state index contributed by atoms with van der Waals surface area (Å²) in [6, 6.07) is 0.209. The lowest BCUT2D eigenvalue weighted by Gasteiger charge is -2.22. The minimum Gasteiger partial charge on any atom is -0.409 e. The maximum atomic E-state index is 12.2. The van der Waals surface area contributed by atoms with Crippen LogP contribution in [0.4, 0.5) is 0 Å². The summed E-state index contributed by atoms with van der Waals surface area (Å²) in [5.74, 6) is -0.697. The second-order valence-electron chi connectivity index (χ2n) is 6.36. The van der Waals surface area contributed by atoms with Crippen LogP contribution in [-0.4, -0.2) is 23.0 Å². The summed E-state index contributed by atoms with van der Waals surface area (Å²) in [6.45, 7) is 8.20. The van der Waals surface area contributed by atoms with Crippen molar-refractivity contribution in [3.8, 4) is 0 Å². The molecule has 0 aliphatic heterocycles. The minimum absolute atomic E-state index is 0.00955. The van der Waals surface area contributed by atoms with E-state index in [1.54, 1.807) is 0 Å². The SMILES string of the molecule is CC(C)C(C(=O)NC1CCC(C)(C)C1)C(N)=NO. The maximum Gasteiger partial charge on any atom is 0.231 e. The molecule has 5 nitrogen and oxygen atoms in total. The van der Waals surface area contributed by atoms with Crippen molar-refractivity contribution in [3.05, 3.63) is 0 Å². The highest BCUT2D eigenvalue weighted by atomic mass is 16.4. The number of hydrogen-bond donors (Lipinski definition) is 3. The van der Waals surface area contributed by atoms with Gasteiger partial charge in [0.2, 0.25) is 5.91 Å². The summed E-state index contributed by atoms with van der Waals surface area (Å²) in [7, 11) is 0. The lowest BCUT2D eigenvalue weighted by molar-refractivity contribution is -0.124. The van der Waals surface area contributed by atoms with E-state index >= 15 is 0 Å². The van der Waals surface area contributed by atoms with E-state index < -0.39 is 5.92 Å². The van der Waals surface area contributed by atoms with Crippen LogP contribution in [0.5, 0.6) is 0 Å². The van der Waals surface area contributed by atoms with E-state index in [0.717, 1.165) is 19.3 Å². The van der Waals surface area contributed by atoms with Crippen LogP contribution >= 0.6 is 0 Å². The van der Waals surface area contributed by atoms with Crippen molar-refractivity contribution >= 4 is 11.7 Å². The first-order chi connectivity index (χ1) is 8.26. The quantitative estimate of drug-likeness (QED) is 0.309. The van der Waals surface area contributed by atoms with E-state index in [2.05, 4.69) is 24.3 Å². The Bertz CT molecular complexity index is 337. The molecule has 1 amide bonds. The van der Waals surface area contributed by atoms with Crippen LogP contribution in [0, 0.1) is 17.3 Å². The fourth-order valence-electron chi connectivity index (χ4n) is 2.69. The maximum absolute atomic E-state index is 12.2. The highest BCUT2D eigenvalue weighted by Crippen LogP contribution is 2.37. The standard InChI is InChI=1S/C13H25N3O2/c1-8(2)10(11(14)16-18)12(17)15-9-5-6-13(3,4)7-9/h8-10,18H,5-7H2,1-4H3,(H2,14,16)(H,15,17). The molecule has 1 saturated carbocycles. The van der Waals surface area contributed by atoms with Crippen molar-refractivity contribution in [2.75, 3.05) is 0 Å². The summed E-state index contributed by atoms with van der Waals surface area (Å²) in [4.78, 5) is 12.2. The summed E-state index contributed by atoms with van der Waals surface area (Å²) < 4.78 is 0. The van der Waals surface area contributed by atoms with Crippen molar-refractivity contribution in [3.63, 3.8) is 0 Å². The Hall–Kier alpha value is -1.26. The molecule has 1 aliphatic rings. The Morgan fingerprint density at radius 3 is 2.50 bits per heavy atom. The molecule has 2 unspecified atom stereocenters. The molecular formula is C13H25N3O2. The smallest absolute Gasteiger partial charge is 0.231 e. The molecule has 18 heavy (non-hydrogen) atoms. The zero-order valence-electron chi connectivity index (χ0n) is 11.7. The molecule has 0 heterocycles. The third-order valence-corrected chi connectivity index (χ3v) is 3.70. The van der Waals surface area contributed by atoms with E-state index in [4.69, 9.17) is 10.9 Å². The minimum atomic E-state index is -0.557. The molecule has 0 radical (unpaired) electrons. The van der Waals surface area contributed by atoms with Gasteiger partial charge in [0.05, 0.1) is 0 Å². The predicted molar refractivity (Wildman–Crippen MR) is 71.3 cm³/mol. The molecule has 5 heteroatoms. The number of amides is 1. The first kappa shape index (κ1) is 14.8. The fourth-order valence-corrected chi connectivity index (χ4v) is 2.69. The van der Waals surface area contributed by atoms with Gasteiger partial charge in [-0.1, -0.05) is 32.9 Å². The Morgan fingerprint density at radius 1 is 1.50 bits per heavy atom. The number of nitrogens with one attached hydrogen (secondary N) is 1. The molecule has 0 bridgehead atoms. The number of rotatable bonds is 4. The van der Waals surface area contributed by atoms with Crippen LogP contribution in [0.1, 0.15) is 47.0 Å². The molecule has 4 N–H and O–H groups in total. The molecule has 0 spiro atoms. The molecule has 2 atom stereocenters. The van der Waals surface area contributed by atoms with Gasteiger partial charge < -0.3 is 16.3 Å². The normalized spacial score (nSPS) is 25.2. The third-order valence-electron chi connectivity index (χ3n) is 3.70. The van der Waals surface area contributed by atoms with Gasteiger partial charge in [-0.3, -0.25) is 4.79 Å². The van der Waals surface area contributed by atoms with E-state index in [0.29, 0.717) is 5.41 Å². The zero-order valence-corrected chi connectivity index (χ0v) is 11.7. The molecule has 1 aliphatic carbocycles. The zero-order chi connectivity index (χ0) is 13.9. The average molecular weight is 255 g/mol. The Morgan fingerprint density at radius 2 is 2.11 bits per heavy atom. The van der Waals surface area contributed by atoms with Gasteiger partial charge in [-0.2, -0.15) is 0 Å². The number of carbonyl (C=O) groups excluding carboxylic acids is 1. The van der Waals surface area contributed by atoms with Crippen LogP contribution in [0.2, 0.25) is 0 Å². The number of amidine groups is 1. The Balaban J connectivity index is 2.64. The lowest BCUT2D eigenvalue weighted by Crippen LogP contribution is -2.45. The van der Waals surface area contributed by atoms with Gasteiger partial charge >= 0.3 is 0 Å². The molecule has 1 rings (SSSR count). The third kappa shape index (κ3) is 3.62. The number of carbonyl (C=O) groups is 1. The predicted octanol–water partition coefficient (Wildman–Crippen LogP) is 1.70. The molecule has 1 fully saturated rings. The number of hydrogen-bond acceptors (Lipinski definition) is 3. The van der Waals surface area contributed by atoms with Gasteiger partial charge in [-0.05, 0) is 30.6 Å². The number of oxime groups is 1. The topological polar surface area (TPSA) is 87.7 Å². The first-order valence-corrected chi connectivity index (χ1v) is 6.54. The average Bonchev–Trinajstić information content (AvgIpc) is 2.57. The van der Waals surface area contributed by atoms with Gasteiger partial charge in [-0.15, -0.1) is 0 Å². The van der Waals surface area contributed by atoms with Gasteiger partial charge in [0, 0.05) is 6.04 Å². The Labute approximate surface area is 109 Å². The number of nitrogens with zero attached hydrogens (tertiary/aromatic N) is 1. The summed E-state index contributed by atoms with van der Waals surface area (Å²) in [5, 5.41) is 14.7. The van der Waals surface area contributed by atoms with Crippen LogP contribution in [0.15, 0.2) is 5.16 Å². The van der Waals surface area contributed by atoms with Crippen molar-refractivity contribution in [1.82, 2.24) is 5.32 Å². The highest BCUT2D eigenvalue weighted by Gasteiger charge is 2.34. The molecule has 0 saturated heterocycles. The molecule has 0 aromatic heterocycles. The largest absolute Gasteiger partial charge is 0.409 e.